The first-order valence-corrected chi connectivity index (χ1v) is 11.5. The quantitative estimate of drug-likeness (QED) is 0.442. The van der Waals surface area contributed by atoms with Gasteiger partial charge in [0.05, 0.1) is 11.4 Å². The van der Waals surface area contributed by atoms with E-state index in [0.717, 1.165) is 0 Å². The molecule has 0 aliphatic rings. The van der Waals surface area contributed by atoms with Gasteiger partial charge in [-0.2, -0.15) is 0 Å². The molecule has 162 valence electrons. The van der Waals surface area contributed by atoms with Gasteiger partial charge in [-0.15, -0.1) is 0 Å². The standard InChI is InChI=1S/C23H17ClFN3O3S/c24-17-10-12-18(13-11-17)28-14-21(16-6-2-1-3-7-16)27-23(28)32(30,31)15-22(29)26-20-9-5-4-8-19(20)25/h1-14H,15H2,(H,26,29). The van der Waals surface area contributed by atoms with Crippen molar-refractivity contribution in [2.24, 2.45) is 0 Å². The molecule has 0 spiro atoms. The summed E-state index contributed by atoms with van der Waals surface area (Å²) in [5.74, 6) is -2.44. The van der Waals surface area contributed by atoms with Crippen LogP contribution < -0.4 is 5.32 Å². The van der Waals surface area contributed by atoms with Gasteiger partial charge in [-0.3, -0.25) is 9.36 Å². The number of anilines is 1. The molecule has 0 radical (unpaired) electrons. The zero-order chi connectivity index (χ0) is 22.7. The topological polar surface area (TPSA) is 81.1 Å². The molecular formula is C23H17ClFN3O3S. The van der Waals surface area contributed by atoms with E-state index in [0.29, 0.717) is 22.0 Å². The van der Waals surface area contributed by atoms with Crippen molar-refractivity contribution in [3.63, 3.8) is 0 Å². The Hall–Kier alpha value is -3.49. The number of hydrogen-bond donors (Lipinski definition) is 1. The Bertz CT molecular complexity index is 1370. The molecule has 4 aromatic rings. The summed E-state index contributed by atoms with van der Waals surface area (Å²) in [7, 11) is -4.18. The van der Waals surface area contributed by atoms with Gasteiger partial charge in [-0.1, -0.05) is 54.1 Å². The van der Waals surface area contributed by atoms with Gasteiger partial charge < -0.3 is 5.32 Å². The van der Waals surface area contributed by atoms with Crippen LogP contribution in [-0.2, 0) is 14.6 Å². The predicted octanol–water partition coefficient (Wildman–Crippen LogP) is 4.74. The minimum atomic E-state index is -4.18. The van der Waals surface area contributed by atoms with E-state index in [9.17, 15) is 17.6 Å². The largest absolute Gasteiger partial charge is 0.323 e. The monoisotopic (exact) mass is 469 g/mol. The lowest BCUT2D eigenvalue weighted by atomic mass is 10.2. The zero-order valence-corrected chi connectivity index (χ0v) is 18.1. The SMILES string of the molecule is O=C(CS(=O)(=O)c1nc(-c2ccccc2)cn1-c1ccc(Cl)cc1)Nc1ccccc1F. The van der Waals surface area contributed by atoms with E-state index in [2.05, 4.69) is 10.3 Å². The highest BCUT2D eigenvalue weighted by molar-refractivity contribution is 7.92. The first-order valence-electron chi connectivity index (χ1n) is 9.51. The van der Waals surface area contributed by atoms with E-state index in [-0.39, 0.29) is 10.8 Å². The van der Waals surface area contributed by atoms with Gasteiger partial charge >= 0.3 is 0 Å². The minimum Gasteiger partial charge on any atom is -0.323 e. The van der Waals surface area contributed by atoms with Crippen LogP contribution in [0.1, 0.15) is 0 Å². The fraction of sp³-hybridized carbons (Fsp3) is 0.0435. The van der Waals surface area contributed by atoms with Gasteiger partial charge in [0.25, 0.3) is 0 Å². The number of nitrogens with zero attached hydrogens (tertiary/aromatic N) is 2. The van der Waals surface area contributed by atoms with E-state index < -0.39 is 27.3 Å². The van der Waals surface area contributed by atoms with Crippen LogP contribution in [0.15, 0.2) is 90.2 Å². The molecular weight excluding hydrogens is 453 g/mol. The zero-order valence-electron chi connectivity index (χ0n) is 16.6. The molecule has 0 aliphatic carbocycles. The maximum absolute atomic E-state index is 13.8. The van der Waals surface area contributed by atoms with Crippen LogP contribution in [-0.4, -0.2) is 29.6 Å². The summed E-state index contributed by atoms with van der Waals surface area (Å²) in [6, 6.07) is 21.1. The molecule has 1 amide bonds. The fourth-order valence-electron chi connectivity index (χ4n) is 3.10. The fourth-order valence-corrected chi connectivity index (χ4v) is 4.47. The lowest BCUT2D eigenvalue weighted by Crippen LogP contribution is -2.25. The molecule has 0 aliphatic heterocycles. The second-order valence-electron chi connectivity index (χ2n) is 6.91. The summed E-state index contributed by atoms with van der Waals surface area (Å²) in [5, 5.41) is 2.48. The van der Waals surface area contributed by atoms with Gasteiger partial charge in [0.1, 0.15) is 11.6 Å². The van der Waals surface area contributed by atoms with E-state index in [1.807, 2.05) is 18.2 Å². The first-order chi connectivity index (χ1) is 15.3. The summed E-state index contributed by atoms with van der Waals surface area (Å²) >= 11 is 5.96. The van der Waals surface area contributed by atoms with Crippen molar-refractivity contribution < 1.29 is 17.6 Å². The number of carbonyl (C=O) groups excluding carboxylic acids is 1. The molecule has 9 heteroatoms. The number of amides is 1. The molecule has 1 aromatic heterocycles. The van der Waals surface area contributed by atoms with Crippen molar-refractivity contribution >= 4 is 33.0 Å². The number of halogens is 2. The number of sulfone groups is 1. The Morgan fingerprint density at radius 1 is 0.969 bits per heavy atom. The summed E-state index contributed by atoms with van der Waals surface area (Å²) in [6.45, 7) is 0. The first kappa shape index (κ1) is 21.7. The van der Waals surface area contributed by atoms with E-state index >= 15 is 0 Å². The van der Waals surface area contributed by atoms with Gasteiger partial charge in [0, 0.05) is 22.5 Å². The number of imidazole rings is 1. The number of nitrogens with one attached hydrogen (secondary N) is 1. The maximum atomic E-state index is 13.8. The molecule has 32 heavy (non-hydrogen) atoms. The Morgan fingerprint density at radius 2 is 1.62 bits per heavy atom. The third-order valence-electron chi connectivity index (χ3n) is 4.60. The van der Waals surface area contributed by atoms with Gasteiger partial charge in [0.15, 0.2) is 0 Å². The Balaban J connectivity index is 1.71. The van der Waals surface area contributed by atoms with Crippen LogP contribution in [0, 0.1) is 5.82 Å². The highest BCUT2D eigenvalue weighted by Gasteiger charge is 2.27. The Kier molecular flexibility index (Phi) is 6.07. The van der Waals surface area contributed by atoms with Gasteiger partial charge in [0.2, 0.25) is 20.9 Å². The number of aromatic nitrogens is 2. The van der Waals surface area contributed by atoms with Crippen LogP contribution in [0.2, 0.25) is 5.02 Å². The van der Waals surface area contributed by atoms with Crippen molar-refractivity contribution in [2.75, 3.05) is 11.1 Å². The van der Waals surface area contributed by atoms with Crippen LogP contribution in [0.4, 0.5) is 10.1 Å². The Labute approximate surface area is 189 Å². The third kappa shape index (κ3) is 4.71. The van der Waals surface area contributed by atoms with Gasteiger partial charge in [-0.25, -0.2) is 17.8 Å². The summed E-state index contributed by atoms with van der Waals surface area (Å²) in [6.07, 6.45) is 1.58. The number of para-hydroxylation sites is 1. The molecule has 0 saturated carbocycles. The Morgan fingerprint density at radius 3 is 2.31 bits per heavy atom. The van der Waals surface area contributed by atoms with E-state index in [4.69, 9.17) is 11.6 Å². The third-order valence-corrected chi connectivity index (χ3v) is 6.33. The van der Waals surface area contributed by atoms with Crippen molar-refractivity contribution in [1.29, 1.82) is 0 Å². The minimum absolute atomic E-state index is 0.0984. The maximum Gasteiger partial charge on any atom is 0.240 e. The lowest BCUT2D eigenvalue weighted by molar-refractivity contribution is -0.113. The lowest BCUT2D eigenvalue weighted by Gasteiger charge is -2.09. The molecule has 4 rings (SSSR count). The average Bonchev–Trinajstić information content (AvgIpc) is 3.23. The molecule has 0 saturated heterocycles. The molecule has 3 aromatic carbocycles. The number of carbonyl (C=O) groups is 1. The highest BCUT2D eigenvalue weighted by Crippen LogP contribution is 2.25. The summed E-state index contributed by atoms with van der Waals surface area (Å²) < 4.78 is 41.5. The molecule has 0 bridgehead atoms. The van der Waals surface area contributed by atoms with Crippen molar-refractivity contribution in [2.45, 2.75) is 5.16 Å². The highest BCUT2D eigenvalue weighted by atomic mass is 35.5. The van der Waals surface area contributed by atoms with Crippen molar-refractivity contribution in [1.82, 2.24) is 9.55 Å². The molecule has 1 heterocycles. The second kappa shape index (κ2) is 8.94. The molecule has 1 N–H and O–H groups in total. The summed E-state index contributed by atoms with van der Waals surface area (Å²) in [4.78, 5) is 16.7. The number of benzene rings is 3. The van der Waals surface area contributed by atoms with Crippen LogP contribution >= 0.6 is 11.6 Å². The van der Waals surface area contributed by atoms with Crippen LogP contribution in [0.3, 0.4) is 0 Å². The average molecular weight is 470 g/mol. The summed E-state index contributed by atoms with van der Waals surface area (Å²) in [5.41, 5.74) is 1.55. The number of rotatable bonds is 6. The smallest absolute Gasteiger partial charge is 0.240 e. The van der Waals surface area contributed by atoms with E-state index in [1.165, 1.54) is 28.8 Å². The number of hydrogen-bond acceptors (Lipinski definition) is 4. The molecule has 0 fully saturated rings. The predicted molar refractivity (Wildman–Crippen MR) is 121 cm³/mol. The van der Waals surface area contributed by atoms with Crippen LogP contribution in [0.5, 0.6) is 0 Å². The normalized spacial score (nSPS) is 11.3. The van der Waals surface area contributed by atoms with Crippen LogP contribution in [0.25, 0.3) is 16.9 Å². The second-order valence-corrected chi connectivity index (χ2v) is 9.23. The molecule has 0 atom stereocenters. The van der Waals surface area contributed by atoms with Crippen molar-refractivity contribution in [3.8, 4) is 16.9 Å². The van der Waals surface area contributed by atoms with Crippen molar-refractivity contribution in [3.05, 3.63) is 95.9 Å². The molecule has 6 nitrogen and oxygen atoms in total. The van der Waals surface area contributed by atoms with Gasteiger partial charge in [-0.05, 0) is 36.4 Å². The molecule has 0 unspecified atom stereocenters. The van der Waals surface area contributed by atoms with E-state index in [1.54, 1.807) is 42.6 Å².